The lowest BCUT2D eigenvalue weighted by atomic mass is 10.4. The third-order valence-electron chi connectivity index (χ3n) is 3.78. The van der Waals surface area contributed by atoms with Crippen LogP contribution < -0.4 is 5.30 Å². The van der Waals surface area contributed by atoms with Crippen LogP contribution in [-0.4, -0.2) is 24.6 Å². The Bertz CT molecular complexity index is 576. The normalized spacial score (nSPS) is 26.2. The minimum absolute atomic E-state index is 0.747. The van der Waals surface area contributed by atoms with E-state index in [2.05, 4.69) is 0 Å². The SMILES string of the molecule is CCP1(=O)C=CCC1.O=P1(c2ccccc2)CC=CC1. The zero-order chi connectivity index (χ0) is 14.5. The number of hydrogen-bond acceptors (Lipinski definition) is 2. The Balaban J connectivity index is 0.000000160. The van der Waals surface area contributed by atoms with Crippen molar-refractivity contribution in [1.82, 2.24) is 0 Å². The van der Waals surface area contributed by atoms with Crippen LogP contribution in [0.1, 0.15) is 13.3 Å². The molecule has 1 atom stereocenters. The highest BCUT2D eigenvalue weighted by Gasteiger charge is 2.24. The van der Waals surface area contributed by atoms with E-state index in [0.717, 1.165) is 36.4 Å². The lowest BCUT2D eigenvalue weighted by Gasteiger charge is -2.10. The maximum absolute atomic E-state index is 12.2. The number of rotatable bonds is 2. The summed E-state index contributed by atoms with van der Waals surface area (Å²) in [6.07, 6.45) is 10.4. The summed E-state index contributed by atoms with van der Waals surface area (Å²) < 4.78 is 23.4. The topological polar surface area (TPSA) is 34.1 Å². The van der Waals surface area contributed by atoms with Crippen molar-refractivity contribution in [2.45, 2.75) is 13.3 Å². The van der Waals surface area contributed by atoms with E-state index in [1.54, 1.807) is 0 Å². The van der Waals surface area contributed by atoms with Crippen molar-refractivity contribution in [2.75, 3.05) is 24.6 Å². The molecule has 0 saturated carbocycles. The first-order valence-electron chi connectivity index (χ1n) is 7.12. The Hall–Kier alpha value is -0.840. The molecule has 0 bridgehead atoms. The van der Waals surface area contributed by atoms with Gasteiger partial charge in [-0.3, -0.25) is 0 Å². The molecule has 20 heavy (non-hydrogen) atoms. The summed E-state index contributed by atoms with van der Waals surface area (Å²) in [7, 11) is -3.76. The second kappa shape index (κ2) is 6.74. The molecule has 2 aliphatic rings. The van der Waals surface area contributed by atoms with Crippen LogP contribution in [0.15, 0.2) is 54.4 Å². The standard InChI is InChI=1S/C10H11OP.C6H11OP/c11-12(8-4-5-9-12)10-6-2-1-3-7-10;1-2-8(7)5-3-4-6-8/h1-7H,8-9H2;3,5H,2,4,6H2,1H3. The van der Waals surface area contributed by atoms with Gasteiger partial charge in [0.1, 0.15) is 14.3 Å². The van der Waals surface area contributed by atoms with Gasteiger partial charge in [0.05, 0.1) is 0 Å². The molecule has 1 aromatic rings. The van der Waals surface area contributed by atoms with Gasteiger partial charge in [-0.15, -0.1) is 0 Å². The van der Waals surface area contributed by atoms with Crippen LogP contribution in [0.2, 0.25) is 0 Å². The third kappa shape index (κ3) is 3.84. The second-order valence-corrected chi connectivity index (χ2v) is 11.5. The zero-order valence-electron chi connectivity index (χ0n) is 11.9. The lowest BCUT2D eigenvalue weighted by molar-refractivity contribution is 0.582. The van der Waals surface area contributed by atoms with Gasteiger partial charge in [0.2, 0.25) is 0 Å². The second-order valence-electron chi connectivity index (χ2n) is 5.23. The van der Waals surface area contributed by atoms with E-state index in [-0.39, 0.29) is 0 Å². The van der Waals surface area contributed by atoms with Crippen molar-refractivity contribution in [3.8, 4) is 0 Å². The van der Waals surface area contributed by atoms with Gasteiger partial charge in [0, 0.05) is 30.0 Å². The quantitative estimate of drug-likeness (QED) is 0.594. The molecular weight excluding hydrogens is 286 g/mol. The Kier molecular flexibility index (Phi) is 5.24. The summed E-state index contributed by atoms with van der Waals surface area (Å²) in [5.74, 6) is 1.91. The largest absolute Gasteiger partial charge is 0.319 e. The summed E-state index contributed by atoms with van der Waals surface area (Å²) in [6.45, 7) is 2.00. The first kappa shape index (κ1) is 15.5. The van der Waals surface area contributed by atoms with E-state index in [1.165, 1.54) is 0 Å². The summed E-state index contributed by atoms with van der Waals surface area (Å²) in [4.78, 5) is 0. The molecular formula is C16H22O2P2. The predicted molar refractivity (Wildman–Crippen MR) is 89.3 cm³/mol. The predicted octanol–water partition coefficient (Wildman–Crippen LogP) is 4.53. The maximum Gasteiger partial charge on any atom is 0.122 e. The molecule has 0 fully saturated rings. The van der Waals surface area contributed by atoms with Crippen LogP contribution in [0.5, 0.6) is 0 Å². The molecule has 2 nitrogen and oxygen atoms in total. The van der Waals surface area contributed by atoms with Gasteiger partial charge in [0.25, 0.3) is 0 Å². The summed E-state index contributed by atoms with van der Waals surface area (Å²) in [5, 5.41) is 1.02. The van der Waals surface area contributed by atoms with Crippen molar-refractivity contribution in [1.29, 1.82) is 0 Å². The van der Waals surface area contributed by atoms with Crippen molar-refractivity contribution in [3.05, 3.63) is 54.4 Å². The van der Waals surface area contributed by atoms with Crippen molar-refractivity contribution in [3.63, 3.8) is 0 Å². The van der Waals surface area contributed by atoms with E-state index >= 15 is 0 Å². The molecule has 108 valence electrons. The highest BCUT2D eigenvalue weighted by atomic mass is 31.2. The molecule has 1 unspecified atom stereocenters. The molecule has 0 amide bonds. The highest BCUT2D eigenvalue weighted by molar-refractivity contribution is 7.72. The van der Waals surface area contributed by atoms with Crippen LogP contribution in [0.4, 0.5) is 0 Å². The van der Waals surface area contributed by atoms with Gasteiger partial charge in [-0.25, -0.2) is 0 Å². The molecule has 4 heteroatoms. The van der Waals surface area contributed by atoms with Crippen molar-refractivity contribution < 1.29 is 9.13 Å². The van der Waals surface area contributed by atoms with Crippen molar-refractivity contribution in [2.24, 2.45) is 0 Å². The van der Waals surface area contributed by atoms with Gasteiger partial charge >= 0.3 is 0 Å². The third-order valence-corrected chi connectivity index (χ3v) is 9.46. The van der Waals surface area contributed by atoms with Crippen LogP contribution in [-0.2, 0) is 9.13 Å². The molecule has 0 saturated heterocycles. The van der Waals surface area contributed by atoms with Crippen LogP contribution in [0.25, 0.3) is 0 Å². The Morgan fingerprint density at radius 2 is 1.65 bits per heavy atom. The minimum atomic E-state index is -2.03. The average Bonchev–Trinajstić information content (AvgIpc) is 3.11. The molecule has 0 radical (unpaired) electrons. The molecule has 0 aromatic heterocycles. The fraction of sp³-hybridized carbons (Fsp3) is 0.375. The van der Waals surface area contributed by atoms with Gasteiger partial charge in [0.15, 0.2) is 0 Å². The average molecular weight is 308 g/mol. The smallest absolute Gasteiger partial charge is 0.122 e. The van der Waals surface area contributed by atoms with Gasteiger partial charge in [-0.05, 0) is 12.2 Å². The summed E-state index contributed by atoms with van der Waals surface area (Å²) in [5.41, 5.74) is 0. The molecule has 2 heterocycles. The Morgan fingerprint density at radius 3 is 2.10 bits per heavy atom. The maximum atomic E-state index is 12.2. The first-order valence-corrected chi connectivity index (χ1v) is 11.3. The summed E-state index contributed by atoms with van der Waals surface area (Å²) in [6, 6.07) is 9.79. The van der Waals surface area contributed by atoms with Crippen molar-refractivity contribution >= 4 is 19.6 Å². The molecule has 1 aromatic carbocycles. The van der Waals surface area contributed by atoms with E-state index in [1.807, 2.05) is 61.3 Å². The molecule has 2 aliphatic heterocycles. The molecule has 3 rings (SSSR count). The molecule has 0 N–H and O–H groups in total. The van der Waals surface area contributed by atoms with Gasteiger partial charge in [-0.1, -0.05) is 55.5 Å². The summed E-state index contributed by atoms with van der Waals surface area (Å²) >= 11 is 0. The van der Waals surface area contributed by atoms with E-state index < -0.39 is 14.3 Å². The zero-order valence-corrected chi connectivity index (χ0v) is 13.7. The van der Waals surface area contributed by atoms with E-state index in [0.29, 0.717) is 0 Å². The Morgan fingerprint density at radius 1 is 1.00 bits per heavy atom. The number of hydrogen-bond donors (Lipinski definition) is 0. The molecule has 0 spiro atoms. The van der Waals surface area contributed by atoms with E-state index in [9.17, 15) is 9.13 Å². The Labute approximate surface area is 121 Å². The monoisotopic (exact) mass is 308 g/mol. The molecule has 0 aliphatic carbocycles. The van der Waals surface area contributed by atoms with Crippen LogP contribution >= 0.6 is 14.3 Å². The van der Waals surface area contributed by atoms with Crippen LogP contribution in [0.3, 0.4) is 0 Å². The van der Waals surface area contributed by atoms with Crippen LogP contribution in [0, 0.1) is 0 Å². The minimum Gasteiger partial charge on any atom is -0.319 e. The van der Waals surface area contributed by atoms with E-state index in [4.69, 9.17) is 0 Å². The highest BCUT2D eigenvalue weighted by Crippen LogP contribution is 2.51. The lowest BCUT2D eigenvalue weighted by Crippen LogP contribution is -2.05. The first-order chi connectivity index (χ1) is 9.58. The fourth-order valence-corrected chi connectivity index (χ4v) is 6.43. The fourth-order valence-electron chi connectivity index (χ4n) is 2.37. The number of allylic oxidation sites excluding steroid dienone is 3. The number of benzene rings is 1. The van der Waals surface area contributed by atoms with Gasteiger partial charge < -0.3 is 9.13 Å². The van der Waals surface area contributed by atoms with Gasteiger partial charge in [-0.2, -0.15) is 0 Å².